The van der Waals surface area contributed by atoms with Crippen molar-refractivity contribution in [3.05, 3.63) is 75.6 Å². The van der Waals surface area contributed by atoms with Gasteiger partial charge in [-0.15, -0.1) is 0 Å². The summed E-state index contributed by atoms with van der Waals surface area (Å²) in [5, 5.41) is -0.586. The third-order valence-electron chi connectivity index (χ3n) is 4.05. The summed E-state index contributed by atoms with van der Waals surface area (Å²) in [4.78, 5) is 0. The monoisotopic (exact) mass is 464 g/mol. The SMILES string of the molecule is Cc1cc(F)c(C(F)(F)Oc2ccc3c(Cl)c(C#CC(F)(F)F)c(F)cc3c2)c(F)c1. The first kappa shape index (κ1) is 22.7. The van der Waals surface area contributed by atoms with E-state index in [-0.39, 0.29) is 16.3 Å². The van der Waals surface area contributed by atoms with Gasteiger partial charge in [0, 0.05) is 11.3 Å². The average Bonchev–Trinajstić information content (AvgIpc) is 2.58. The molecule has 0 radical (unpaired) electrons. The fourth-order valence-electron chi connectivity index (χ4n) is 2.80. The first-order chi connectivity index (χ1) is 14.3. The Morgan fingerprint density at radius 2 is 1.48 bits per heavy atom. The van der Waals surface area contributed by atoms with E-state index in [0.717, 1.165) is 30.2 Å². The van der Waals surface area contributed by atoms with E-state index in [1.807, 2.05) is 0 Å². The number of rotatable bonds is 3. The summed E-state index contributed by atoms with van der Waals surface area (Å²) in [6.07, 6.45) is -9.30. The molecule has 0 aliphatic carbocycles. The Bertz CT molecular complexity index is 1220. The van der Waals surface area contributed by atoms with Gasteiger partial charge in [-0.05, 0) is 54.3 Å². The fourth-order valence-corrected chi connectivity index (χ4v) is 3.11. The number of alkyl halides is 5. The van der Waals surface area contributed by atoms with E-state index in [9.17, 15) is 35.1 Å². The van der Waals surface area contributed by atoms with Crippen molar-refractivity contribution in [3.8, 4) is 17.6 Å². The summed E-state index contributed by atoms with van der Waals surface area (Å²) in [7, 11) is 0. The van der Waals surface area contributed by atoms with Gasteiger partial charge in [0.05, 0.1) is 10.6 Å². The van der Waals surface area contributed by atoms with Crippen LogP contribution in [0.25, 0.3) is 10.8 Å². The predicted octanol–water partition coefficient (Wildman–Crippen LogP) is 7.26. The van der Waals surface area contributed by atoms with Gasteiger partial charge < -0.3 is 4.74 Å². The Kier molecular flexibility index (Phi) is 5.80. The summed E-state index contributed by atoms with van der Waals surface area (Å²) in [6.45, 7) is 1.31. The Hall–Kier alpha value is -2.99. The molecule has 0 heterocycles. The minimum Gasteiger partial charge on any atom is -0.429 e. The van der Waals surface area contributed by atoms with Gasteiger partial charge in [-0.25, -0.2) is 13.2 Å². The summed E-state index contributed by atoms with van der Waals surface area (Å²) < 4.78 is 112. The van der Waals surface area contributed by atoms with Crippen molar-refractivity contribution >= 4 is 22.4 Å². The molecule has 0 aromatic heterocycles. The maximum atomic E-state index is 14.4. The molecule has 0 atom stereocenters. The Labute approximate surface area is 175 Å². The Balaban J connectivity index is 2.03. The van der Waals surface area contributed by atoms with Crippen molar-refractivity contribution in [2.75, 3.05) is 0 Å². The van der Waals surface area contributed by atoms with E-state index in [4.69, 9.17) is 11.6 Å². The third-order valence-corrected chi connectivity index (χ3v) is 4.45. The highest BCUT2D eigenvalue weighted by molar-refractivity contribution is 6.36. The van der Waals surface area contributed by atoms with Gasteiger partial charge >= 0.3 is 12.3 Å². The number of hydrogen-bond donors (Lipinski definition) is 0. The van der Waals surface area contributed by atoms with Crippen LogP contribution in [0.5, 0.6) is 5.75 Å². The minimum atomic E-state index is -4.88. The smallest absolute Gasteiger partial charge is 0.429 e. The second-order valence-electron chi connectivity index (χ2n) is 6.40. The molecule has 0 N–H and O–H groups in total. The molecule has 0 saturated heterocycles. The van der Waals surface area contributed by atoms with Gasteiger partial charge in [-0.1, -0.05) is 17.5 Å². The van der Waals surface area contributed by atoms with Crippen molar-refractivity contribution in [2.24, 2.45) is 0 Å². The lowest BCUT2D eigenvalue weighted by molar-refractivity contribution is -0.189. The van der Waals surface area contributed by atoms with Crippen LogP contribution in [0, 0.1) is 36.2 Å². The molecule has 0 amide bonds. The van der Waals surface area contributed by atoms with Crippen molar-refractivity contribution < 1.29 is 39.9 Å². The molecule has 162 valence electrons. The van der Waals surface area contributed by atoms with Crippen LogP contribution in [0.1, 0.15) is 16.7 Å². The number of ether oxygens (including phenoxy) is 1. The lowest BCUT2D eigenvalue weighted by Crippen LogP contribution is -2.25. The molecule has 0 saturated carbocycles. The normalized spacial score (nSPS) is 11.9. The number of fused-ring (bicyclic) bond motifs is 1. The molecule has 10 heteroatoms. The number of hydrogen-bond acceptors (Lipinski definition) is 1. The molecule has 0 fully saturated rings. The van der Waals surface area contributed by atoms with Gasteiger partial charge in [0.15, 0.2) is 0 Å². The van der Waals surface area contributed by atoms with Gasteiger partial charge in [0.2, 0.25) is 0 Å². The highest BCUT2D eigenvalue weighted by Crippen LogP contribution is 2.38. The van der Waals surface area contributed by atoms with E-state index in [2.05, 4.69) is 4.74 Å². The molecule has 31 heavy (non-hydrogen) atoms. The average molecular weight is 465 g/mol. The van der Waals surface area contributed by atoms with Crippen LogP contribution in [0.15, 0.2) is 36.4 Å². The summed E-state index contributed by atoms with van der Waals surface area (Å²) in [6, 6.07) is 5.03. The second kappa shape index (κ2) is 7.93. The van der Waals surface area contributed by atoms with E-state index in [0.29, 0.717) is 12.1 Å². The third kappa shape index (κ3) is 4.85. The summed E-state index contributed by atoms with van der Waals surface area (Å²) in [5.41, 5.74) is -2.26. The maximum absolute atomic E-state index is 14.4. The highest BCUT2D eigenvalue weighted by atomic mass is 35.5. The zero-order chi connectivity index (χ0) is 23.1. The van der Waals surface area contributed by atoms with Crippen molar-refractivity contribution in [1.29, 1.82) is 0 Å². The minimum absolute atomic E-state index is 0.00194. The molecule has 0 spiro atoms. The lowest BCUT2D eigenvalue weighted by Gasteiger charge is -2.20. The van der Waals surface area contributed by atoms with Crippen molar-refractivity contribution in [3.63, 3.8) is 0 Å². The van der Waals surface area contributed by atoms with Crippen LogP contribution in [0.2, 0.25) is 5.02 Å². The van der Waals surface area contributed by atoms with Gasteiger partial charge in [0.25, 0.3) is 0 Å². The number of halogens is 9. The Morgan fingerprint density at radius 3 is 2.06 bits per heavy atom. The largest absolute Gasteiger partial charge is 0.458 e. The molecule has 0 bridgehead atoms. The van der Waals surface area contributed by atoms with Crippen LogP contribution in [-0.4, -0.2) is 6.18 Å². The zero-order valence-electron chi connectivity index (χ0n) is 15.3. The molecular weight excluding hydrogens is 456 g/mol. The summed E-state index contributed by atoms with van der Waals surface area (Å²) in [5.74, 6) is -2.39. The van der Waals surface area contributed by atoms with Crippen LogP contribution >= 0.6 is 11.6 Å². The predicted molar refractivity (Wildman–Crippen MR) is 97.5 cm³/mol. The van der Waals surface area contributed by atoms with Gasteiger partial charge in [0.1, 0.15) is 28.8 Å². The molecule has 3 rings (SSSR count). The topological polar surface area (TPSA) is 9.23 Å². The van der Waals surface area contributed by atoms with Crippen LogP contribution in [-0.2, 0) is 6.11 Å². The van der Waals surface area contributed by atoms with Crippen LogP contribution < -0.4 is 4.74 Å². The second-order valence-corrected chi connectivity index (χ2v) is 6.78. The van der Waals surface area contributed by atoms with Gasteiger partial charge in [-0.3, -0.25) is 0 Å². The standard InChI is InChI=1S/C21H9ClF8O/c1-10-6-16(24)18(17(25)7-10)21(29,30)31-12-2-3-13-11(8-12)9-15(23)14(19(13)22)4-5-20(26,27)28/h2-3,6-9H,1H3. The lowest BCUT2D eigenvalue weighted by atomic mass is 10.1. The van der Waals surface area contributed by atoms with Crippen LogP contribution in [0.3, 0.4) is 0 Å². The summed E-state index contributed by atoms with van der Waals surface area (Å²) >= 11 is 5.92. The first-order valence-electron chi connectivity index (χ1n) is 8.33. The van der Waals surface area contributed by atoms with Crippen molar-refractivity contribution in [1.82, 2.24) is 0 Å². The molecule has 3 aromatic rings. The van der Waals surface area contributed by atoms with E-state index < -0.39 is 51.6 Å². The molecule has 3 aromatic carbocycles. The van der Waals surface area contributed by atoms with E-state index in [1.54, 1.807) is 5.92 Å². The maximum Gasteiger partial charge on any atom is 0.458 e. The molecule has 0 aliphatic rings. The van der Waals surface area contributed by atoms with Crippen molar-refractivity contribution in [2.45, 2.75) is 19.2 Å². The molecule has 0 aliphatic heterocycles. The van der Waals surface area contributed by atoms with E-state index in [1.165, 1.54) is 6.92 Å². The number of benzene rings is 3. The first-order valence-corrected chi connectivity index (χ1v) is 8.71. The number of aryl methyl sites for hydroxylation is 1. The molecule has 0 unspecified atom stereocenters. The van der Waals surface area contributed by atoms with Gasteiger partial charge in [-0.2, -0.15) is 22.0 Å². The fraction of sp³-hybridized carbons (Fsp3) is 0.143. The molecule has 1 nitrogen and oxygen atoms in total. The highest BCUT2D eigenvalue weighted by Gasteiger charge is 2.41. The van der Waals surface area contributed by atoms with E-state index >= 15 is 0 Å². The van der Waals surface area contributed by atoms with Crippen LogP contribution in [0.4, 0.5) is 35.1 Å². The molecular formula is C21H9ClF8O. The zero-order valence-corrected chi connectivity index (χ0v) is 16.0. The quantitative estimate of drug-likeness (QED) is 0.293. The Morgan fingerprint density at radius 1 is 0.871 bits per heavy atom.